The quantitative estimate of drug-likeness (QED) is 0.223. The summed E-state index contributed by atoms with van der Waals surface area (Å²) in [6, 6.07) is 9.82. The number of anilines is 1. The van der Waals surface area contributed by atoms with Gasteiger partial charge in [-0.1, -0.05) is 52.5 Å². The van der Waals surface area contributed by atoms with Gasteiger partial charge in [0.2, 0.25) is 0 Å². The molecule has 1 heterocycles. The van der Waals surface area contributed by atoms with Crippen molar-refractivity contribution in [3.63, 3.8) is 0 Å². The number of ether oxygens (including phenoxy) is 4. The van der Waals surface area contributed by atoms with Gasteiger partial charge < -0.3 is 18.9 Å². The van der Waals surface area contributed by atoms with Crippen LogP contribution in [-0.2, 0) is 16.2 Å². The summed E-state index contributed by atoms with van der Waals surface area (Å²) in [4.78, 5) is 39.7. The number of benzene rings is 3. The molecule has 1 saturated heterocycles. The van der Waals surface area contributed by atoms with Gasteiger partial charge in [-0.25, -0.2) is 9.69 Å². The lowest BCUT2D eigenvalue weighted by atomic mass is 10.1. The van der Waals surface area contributed by atoms with Crippen molar-refractivity contribution < 1.29 is 33.3 Å². The largest absolute Gasteiger partial charge is 0.495 e. The Bertz CT molecular complexity index is 1560. The number of methoxy groups -OCH3 is 3. The average Bonchev–Trinajstić information content (AvgIpc) is 2.92. The number of nitrogens with one attached hydrogen (secondary N) is 1. The molecule has 4 rings (SSSR count). The fourth-order valence-electron chi connectivity index (χ4n) is 3.81. The summed E-state index contributed by atoms with van der Waals surface area (Å²) in [5.74, 6) is -1.05. The molecule has 0 saturated carbocycles. The van der Waals surface area contributed by atoms with Crippen LogP contribution >= 0.6 is 46.4 Å². The van der Waals surface area contributed by atoms with Crippen LogP contribution in [0.1, 0.15) is 11.1 Å². The molecule has 0 bridgehead atoms. The van der Waals surface area contributed by atoms with Gasteiger partial charge in [-0.15, -0.1) is 0 Å². The highest BCUT2D eigenvalue weighted by Crippen LogP contribution is 2.40. The van der Waals surface area contributed by atoms with Gasteiger partial charge in [0.1, 0.15) is 23.7 Å². The van der Waals surface area contributed by atoms with E-state index < -0.39 is 17.8 Å². The van der Waals surface area contributed by atoms with E-state index in [-0.39, 0.29) is 50.9 Å². The summed E-state index contributed by atoms with van der Waals surface area (Å²) in [6.45, 7) is 0.109. The monoisotopic (exact) mass is 624 g/mol. The predicted octanol–water partition coefficient (Wildman–Crippen LogP) is 6.57. The molecule has 13 heteroatoms. The minimum absolute atomic E-state index is 0.0197. The zero-order valence-electron chi connectivity index (χ0n) is 21.1. The number of carbonyl (C=O) groups excluding carboxylic acids is 3. The number of hydrogen-bond donors (Lipinski definition) is 1. The van der Waals surface area contributed by atoms with Crippen LogP contribution in [0.4, 0.5) is 10.5 Å². The van der Waals surface area contributed by atoms with E-state index in [2.05, 4.69) is 5.32 Å². The molecule has 1 aliphatic heterocycles. The molecular formula is C27H20Cl4N2O7. The van der Waals surface area contributed by atoms with Crippen molar-refractivity contribution in [1.82, 2.24) is 5.32 Å². The standard InChI is InChI=1S/C27H20Cl4N2O7/c1-37-21-11-20(22(38-2)10-18(21)30)33-26(35)15(25(34)32-27(33)36)6-14-8-19(31)24(23(9-14)39-3)40-12-13-4-5-16(28)17(29)7-13/h4-11H,12H2,1-3H3,(H,32,34,36)/b15-6+. The van der Waals surface area contributed by atoms with Crippen LogP contribution < -0.4 is 29.2 Å². The van der Waals surface area contributed by atoms with Gasteiger partial charge in [-0.3, -0.25) is 14.9 Å². The van der Waals surface area contributed by atoms with E-state index >= 15 is 0 Å². The Morgan fingerprint density at radius 1 is 0.775 bits per heavy atom. The second kappa shape index (κ2) is 12.3. The van der Waals surface area contributed by atoms with E-state index in [0.29, 0.717) is 15.6 Å². The zero-order chi connectivity index (χ0) is 29.1. The molecule has 0 unspecified atom stereocenters. The van der Waals surface area contributed by atoms with Crippen LogP contribution in [0.15, 0.2) is 48.0 Å². The Kier molecular flexibility index (Phi) is 9.00. The minimum Gasteiger partial charge on any atom is -0.495 e. The van der Waals surface area contributed by atoms with Crippen LogP contribution in [0.25, 0.3) is 6.08 Å². The highest BCUT2D eigenvalue weighted by molar-refractivity contribution is 6.42. The molecule has 40 heavy (non-hydrogen) atoms. The first-order valence-electron chi connectivity index (χ1n) is 11.3. The summed E-state index contributed by atoms with van der Waals surface area (Å²) in [5.41, 5.74) is 0.740. The van der Waals surface area contributed by atoms with Gasteiger partial charge >= 0.3 is 6.03 Å². The highest BCUT2D eigenvalue weighted by Gasteiger charge is 2.38. The van der Waals surface area contributed by atoms with Gasteiger partial charge in [0.05, 0.1) is 47.1 Å². The number of amides is 4. The Hall–Kier alpha value is -3.63. The zero-order valence-corrected chi connectivity index (χ0v) is 24.2. The lowest BCUT2D eigenvalue weighted by Gasteiger charge is -2.28. The minimum atomic E-state index is -0.975. The van der Waals surface area contributed by atoms with Crippen molar-refractivity contribution in [3.05, 3.63) is 79.3 Å². The van der Waals surface area contributed by atoms with Gasteiger partial charge in [0.15, 0.2) is 11.5 Å². The van der Waals surface area contributed by atoms with E-state index in [0.717, 1.165) is 10.5 Å². The topological polar surface area (TPSA) is 103 Å². The van der Waals surface area contributed by atoms with Crippen molar-refractivity contribution in [2.75, 3.05) is 26.2 Å². The fraction of sp³-hybridized carbons (Fsp3) is 0.148. The van der Waals surface area contributed by atoms with Crippen molar-refractivity contribution in [1.29, 1.82) is 0 Å². The van der Waals surface area contributed by atoms with E-state index in [4.69, 9.17) is 65.4 Å². The van der Waals surface area contributed by atoms with Gasteiger partial charge in [0.25, 0.3) is 11.8 Å². The van der Waals surface area contributed by atoms with E-state index in [1.807, 2.05) is 0 Å². The smallest absolute Gasteiger partial charge is 0.336 e. The number of imide groups is 2. The molecular weight excluding hydrogens is 606 g/mol. The number of barbiturate groups is 1. The van der Waals surface area contributed by atoms with Crippen molar-refractivity contribution in [2.45, 2.75) is 6.61 Å². The SMILES string of the molecule is COc1cc(N2C(=O)NC(=O)/C(=C\c3cc(Cl)c(OCc4ccc(Cl)c(Cl)c4)c(OC)c3)C2=O)c(OC)cc1Cl. The van der Waals surface area contributed by atoms with Gasteiger partial charge in [-0.2, -0.15) is 0 Å². The molecule has 0 aliphatic carbocycles. The number of rotatable bonds is 8. The maximum Gasteiger partial charge on any atom is 0.336 e. The van der Waals surface area contributed by atoms with Crippen LogP contribution in [0, 0.1) is 0 Å². The number of nitrogens with zero attached hydrogens (tertiary/aromatic N) is 1. The molecule has 3 aromatic carbocycles. The van der Waals surface area contributed by atoms with Crippen LogP contribution in [0.2, 0.25) is 20.1 Å². The third kappa shape index (κ3) is 5.93. The second-order valence-electron chi connectivity index (χ2n) is 8.19. The molecule has 0 aromatic heterocycles. The molecule has 3 aromatic rings. The molecule has 1 fully saturated rings. The van der Waals surface area contributed by atoms with E-state index in [1.54, 1.807) is 18.2 Å². The van der Waals surface area contributed by atoms with Crippen molar-refractivity contribution >= 4 is 76.0 Å². The Labute approximate surface area is 249 Å². The Morgan fingerprint density at radius 3 is 2.12 bits per heavy atom. The normalized spacial score (nSPS) is 14.3. The summed E-state index contributed by atoms with van der Waals surface area (Å²) in [5, 5.41) is 3.28. The number of carbonyl (C=O) groups is 3. The predicted molar refractivity (Wildman–Crippen MR) is 152 cm³/mol. The summed E-state index contributed by atoms with van der Waals surface area (Å²) >= 11 is 24.7. The first-order chi connectivity index (χ1) is 19.1. The lowest BCUT2D eigenvalue weighted by Crippen LogP contribution is -2.54. The third-order valence-electron chi connectivity index (χ3n) is 5.73. The highest BCUT2D eigenvalue weighted by atomic mass is 35.5. The Morgan fingerprint density at radius 2 is 1.48 bits per heavy atom. The van der Waals surface area contributed by atoms with Crippen molar-refractivity contribution in [2.24, 2.45) is 0 Å². The molecule has 0 atom stereocenters. The van der Waals surface area contributed by atoms with Crippen LogP contribution in [0.5, 0.6) is 23.0 Å². The Balaban J connectivity index is 1.68. The summed E-state index contributed by atoms with van der Waals surface area (Å²) in [7, 11) is 4.13. The van der Waals surface area contributed by atoms with Gasteiger partial charge in [-0.05, 0) is 41.5 Å². The maximum absolute atomic E-state index is 13.5. The molecule has 1 N–H and O–H groups in total. The van der Waals surface area contributed by atoms with E-state index in [1.165, 1.54) is 51.7 Å². The number of halogens is 4. The molecule has 4 amide bonds. The lowest BCUT2D eigenvalue weighted by molar-refractivity contribution is -0.122. The number of hydrogen-bond acceptors (Lipinski definition) is 7. The van der Waals surface area contributed by atoms with Crippen LogP contribution in [0.3, 0.4) is 0 Å². The summed E-state index contributed by atoms with van der Waals surface area (Å²) < 4.78 is 21.8. The van der Waals surface area contributed by atoms with Crippen LogP contribution in [-0.4, -0.2) is 39.2 Å². The summed E-state index contributed by atoms with van der Waals surface area (Å²) in [6.07, 6.45) is 1.27. The molecule has 1 aliphatic rings. The maximum atomic E-state index is 13.5. The first kappa shape index (κ1) is 29.4. The second-order valence-corrected chi connectivity index (χ2v) is 9.82. The first-order valence-corrected chi connectivity index (χ1v) is 12.9. The fourth-order valence-corrected chi connectivity index (χ4v) is 4.64. The molecule has 0 radical (unpaired) electrons. The van der Waals surface area contributed by atoms with Gasteiger partial charge in [0, 0.05) is 12.1 Å². The molecule has 208 valence electrons. The third-order valence-corrected chi connectivity index (χ3v) is 7.04. The number of urea groups is 1. The molecule has 0 spiro atoms. The van der Waals surface area contributed by atoms with Crippen molar-refractivity contribution in [3.8, 4) is 23.0 Å². The van der Waals surface area contributed by atoms with E-state index in [9.17, 15) is 14.4 Å². The molecule has 9 nitrogen and oxygen atoms in total. The average molecular weight is 626 g/mol.